The van der Waals surface area contributed by atoms with E-state index in [-0.39, 0.29) is 5.91 Å². The second-order valence-corrected chi connectivity index (χ2v) is 6.61. The molecule has 0 aliphatic rings. The summed E-state index contributed by atoms with van der Waals surface area (Å²) in [6.45, 7) is 0.713. The maximum Gasteiger partial charge on any atom is 0.220 e. The van der Waals surface area contributed by atoms with Gasteiger partial charge >= 0.3 is 0 Å². The number of carbonyl (C=O) groups is 1. The van der Waals surface area contributed by atoms with Crippen LogP contribution in [0.2, 0.25) is 0 Å². The average Bonchev–Trinajstić information content (AvgIpc) is 2.99. The first-order valence-electron chi connectivity index (χ1n) is 8.08. The molecule has 0 fully saturated rings. The minimum Gasteiger partial charge on any atom is -0.356 e. The van der Waals surface area contributed by atoms with Gasteiger partial charge < -0.3 is 5.32 Å². The zero-order chi connectivity index (χ0) is 15.9. The molecule has 3 rings (SSSR count). The summed E-state index contributed by atoms with van der Waals surface area (Å²) in [4.78, 5) is 11.9. The van der Waals surface area contributed by atoms with E-state index < -0.39 is 0 Å². The van der Waals surface area contributed by atoms with Crippen LogP contribution in [0.5, 0.6) is 0 Å². The molecular weight excluding hydrogens is 302 g/mol. The lowest BCUT2D eigenvalue weighted by Gasteiger charge is -2.05. The van der Waals surface area contributed by atoms with Crippen molar-refractivity contribution in [2.75, 3.05) is 6.54 Å². The molecule has 1 heterocycles. The minimum absolute atomic E-state index is 0.153. The van der Waals surface area contributed by atoms with Crippen LogP contribution >= 0.6 is 11.3 Å². The van der Waals surface area contributed by atoms with Gasteiger partial charge in [0.2, 0.25) is 5.91 Å². The van der Waals surface area contributed by atoms with Crippen molar-refractivity contribution in [2.45, 2.75) is 25.7 Å². The molecule has 0 aliphatic carbocycles. The molecule has 0 atom stereocenters. The zero-order valence-corrected chi connectivity index (χ0v) is 13.9. The third kappa shape index (κ3) is 4.42. The van der Waals surface area contributed by atoms with Crippen LogP contribution in [0.1, 0.15) is 24.0 Å². The van der Waals surface area contributed by atoms with Gasteiger partial charge in [-0.15, -0.1) is 11.3 Å². The number of aryl methyl sites for hydroxylation is 1. The van der Waals surface area contributed by atoms with Gasteiger partial charge in [0.15, 0.2) is 0 Å². The molecular formula is C20H21NOS. The van der Waals surface area contributed by atoms with Crippen molar-refractivity contribution in [3.8, 4) is 0 Å². The summed E-state index contributed by atoms with van der Waals surface area (Å²) in [5, 5.41) is 6.55. The van der Waals surface area contributed by atoms with Crippen molar-refractivity contribution < 1.29 is 4.79 Å². The largest absolute Gasteiger partial charge is 0.356 e. The number of rotatable bonds is 7. The van der Waals surface area contributed by atoms with Crippen LogP contribution in [0.4, 0.5) is 0 Å². The van der Waals surface area contributed by atoms with E-state index in [2.05, 4.69) is 47.1 Å². The molecule has 0 saturated carbocycles. The number of benzene rings is 2. The number of hydrogen-bond donors (Lipinski definition) is 1. The van der Waals surface area contributed by atoms with Gasteiger partial charge in [0.05, 0.1) is 0 Å². The molecule has 3 aromatic rings. The molecule has 2 aromatic carbocycles. The highest BCUT2D eigenvalue weighted by atomic mass is 32.1. The standard InChI is InChI=1S/C20H21NOS/c22-20(12-6-9-16-7-2-1-3-8-16)21-14-13-17-15-23-19-11-5-4-10-18(17)19/h1-5,7-8,10-11,15H,6,9,12-14H2,(H,21,22). The maximum atomic E-state index is 11.9. The van der Waals surface area contributed by atoms with E-state index in [1.807, 2.05) is 18.2 Å². The van der Waals surface area contributed by atoms with Crippen LogP contribution < -0.4 is 5.32 Å². The molecule has 0 bridgehead atoms. The molecule has 2 nitrogen and oxygen atoms in total. The summed E-state index contributed by atoms with van der Waals surface area (Å²) >= 11 is 1.77. The molecule has 1 N–H and O–H groups in total. The van der Waals surface area contributed by atoms with Gasteiger partial charge in [-0.05, 0) is 47.2 Å². The summed E-state index contributed by atoms with van der Waals surface area (Å²) in [5.74, 6) is 0.153. The molecule has 0 radical (unpaired) electrons. The van der Waals surface area contributed by atoms with Crippen molar-refractivity contribution in [3.63, 3.8) is 0 Å². The lowest BCUT2D eigenvalue weighted by atomic mass is 10.1. The normalized spacial score (nSPS) is 10.8. The summed E-state index contributed by atoms with van der Waals surface area (Å²) in [6.07, 6.45) is 3.36. The summed E-state index contributed by atoms with van der Waals surface area (Å²) in [6, 6.07) is 18.8. The van der Waals surface area contributed by atoms with Gasteiger partial charge in [0, 0.05) is 17.7 Å². The smallest absolute Gasteiger partial charge is 0.220 e. The van der Waals surface area contributed by atoms with Gasteiger partial charge in [-0.1, -0.05) is 48.5 Å². The number of hydrogen-bond acceptors (Lipinski definition) is 2. The fraction of sp³-hybridized carbons (Fsp3) is 0.250. The number of carbonyl (C=O) groups excluding carboxylic acids is 1. The van der Waals surface area contributed by atoms with E-state index in [4.69, 9.17) is 0 Å². The predicted molar refractivity (Wildman–Crippen MR) is 97.9 cm³/mol. The Morgan fingerprint density at radius 1 is 0.957 bits per heavy atom. The van der Waals surface area contributed by atoms with Crippen LogP contribution in [-0.4, -0.2) is 12.5 Å². The number of fused-ring (bicyclic) bond motifs is 1. The number of nitrogens with one attached hydrogen (secondary N) is 1. The predicted octanol–water partition coefficient (Wildman–Crippen LogP) is 4.58. The van der Waals surface area contributed by atoms with Crippen molar-refractivity contribution in [2.24, 2.45) is 0 Å². The fourth-order valence-electron chi connectivity index (χ4n) is 2.75. The van der Waals surface area contributed by atoms with Crippen molar-refractivity contribution >= 4 is 27.3 Å². The van der Waals surface area contributed by atoms with Crippen molar-refractivity contribution in [3.05, 3.63) is 71.1 Å². The Bertz CT molecular complexity index is 763. The average molecular weight is 323 g/mol. The first-order valence-corrected chi connectivity index (χ1v) is 8.96. The van der Waals surface area contributed by atoms with E-state index in [9.17, 15) is 4.79 Å². The van der Waals surface area contributed by atoms with Gasteiger partial charge in [-0.2, -0.15) is 0 Å². The molecule has 3 heteroatoms. The zero-order valence-electron chi connectivity index (χ0n) is 13.1. The minimum atomic E-state index is 0.153. The van der Waals surface area contributed by atoms with Crippen LogP contribution in [0, 0.1) is 0 Å². The molecule has 23 heavy (non-hydrogen) atoms. The molecule has 0 aliphatic heterocycles. The van der Waals surface area contributed by atoms with E-state index >= 15 is 0 Å². The van der Waals surface area contributed by atoms with Crippen LogP contribution in [0.25, 0.3) is 10.1 Å². The second-order valence-electron chi connectivity index (χ2n) is 5.70. The van der Waals surface area contributed by atoms with Gasteiger partial charge in [0.1, 0.15) is 0 Å². The van der Waals surface area contributed by atoms with Crippen LogP contribution in [0.3, 0.4) is 0 Å². The Hall–Kier alpha value is -2.13. The van der Waals surface area contributed by atoms with Gasteiger partial charge in [-0.25, -0.2) is 0 Å². The van der Waals surface area contributed by atoms with Gasteiger partial charge in [-0.3, -0.25) is 4.79 Å². The fourth-order valence-corrected chi connectivity index (χ4v) is 3.75. The quantitative estimate of drug-likeness (QED) is 0.677. The van der Waals surface area contributed by atoms with E-state index in [0.717, 1.165) is 19.3 Å². The van der Waals surface area contributed by atoms with Gasteiger partial charge in [0.25, 0.3) is 0 Å². The molecule has 1 amide bonds. The Balaban J connectivity index is 1.39. The van der Waals surface area contributed by atoms with E-state index in [1.54, 1.807) is 11.3 Å². The third-order valence-corrected chi connectivity index (χ3v) is 5.00. The van der Waals surface area contributed by atoms with E-state index in [1.165, 1.54) is 21.2 Å². The summed E-state index contributed by atoms with van der Waals surface area (Å²) < 4.78 is 1.32. The molecule has 0 spiro atoms. The molecule has 1 aromatic heterocycles. The third-order valence-electron chi connectivity index (χ3n) is 3.99. The van der Waals surface area contributed by atoms with E-state index in [0.29, 0.717) is 13.0 Å². The Morgan fingerprint density at radius 3 is 2.61 bits per heavy atom. The Morgan fingerprint density at radius 2 is 1.74 bits per heavy atom. The lowest BCUT2D eigenvalue weighted by Crippen LogP contribution is -2.25. The molecule has 0 unspecified atom stereocenters. The highest BCUT2D eigenvalue weighted by Crippen LogP contribution is 2.25. The molecule has 118 valence electrons. The highest BCUT2D eigenvalue weighted by molar-refractivity contribution is 7.17. The van der Waals surface area contributed by atoms with Crippen molar-refractivity contribution in [1.82, 2.24) is 5.32 Å². The maximum absolute atomic E-state index is 11.9. The number of thiophene rings is 1. The first kappa shape index (κ1) is 15.8. The lowest BCUT2D eigenvalue weighted by molar-refractivity contribution is -0.121. The monoisotopic (exact) mass is 323 g/mol. The SMILES string of the molecule is O=C(CCCc1ccccc1)NCCc1csc2ccccc12. The first-order chi connectivity index (χ1) is 11.3. The Labute approximate surface area is 141 Å². The summed E-state index contributed by atoms with van der Waals surface area (Å²) in [5.41, 5.74) is 2.63. The second kappa shape index (κ2) is 7.93. The highest BCUT2D eigenvalue weighted by Gasteiger charge is 2.05. The Kier molecular flexibility index (Phi) is 5.43. The number of amides is 1. The van der Waals surface area contributed by atoms with Crippen LogP contribution in [-0.2, 0) is 17.6 Å². The van der Waals surface area contributed by atoms with Crippen molar-refractivity contribution in [1.29, 1.82) is 0 Å². The van der Waals surface area contributed by atoms with Crippen LogP contribution in [0.15, 0.2) is 60.0 Å². The topological polar surface area (TPSA) is 29.1 Å². The summed E-state index contributed by atoms with van der Waals surface area (Å²) in [7, 11) is 0. The molecule has 0 saturated heterocycles.